The van der Waals surface area contributed by atoms with Crippen molar-refractivity contribution in [2.45, 2.75) is 50.2 Å². The molecule has 3 aliphatic carbocycles. The molecule has 3 aliphatic rings. The number of fused-ring (bicyclic) bond motifs is 3. The summed E-state index contributed by atoms with van der Waals surface area (Å²) >= 11 is 0. The van der Waals surface area contributed by atoms with Crippen LogP contribution in [0.5, 0.6) is 5.75 Å². The number of carboxylic acids is 1. The lowest BCUT2D eigenvalue weighted by atomic mass is 9.58. The number of nitrogens with one attached hydrogen (secondary N) is 1. The lowest BCUT2D eigenvalue weighted by molar-refractivity contribution is -0.167. The van der Waals surface area contributed by atoms with Crippen LogP contribution in [-0.2, 0) is 25.6 Å². The molecule has 0 aromatic heterocycles. The summed E-state index contributed by atoms with van der Waals surface area (Å²) in [5, 5.41) is 54.4. The van der Waals surface area contributed by atoms with Gasteiger partial charge in [0.2, 0.25) is 11.8 Å². The summed E-state index contributed by atoms with van der Waals surface area (Å²) in [6.07, 6.45) is -1.69. The topological polar surface area (TPSA) is 225 Å². The third kappa shape index (κ3) is 3.91. The van der Waals surface area contributed by atoms with Gasteiger partial charge < -0.3 is 36.6 Å². The van der Waals surface area contributed by atoms with Crippen molar-refractivity contribution >= 4 is 35.0 Å². The second-order valence-electron chi connectivity index (χ2n) is 9.53. The van der Waals surface area contributed by atoms with E-state index in [9.17, 15) is 44.4 Å². The maximum atomic E-state index is 13.5. The lowest BCUT2D eigenvalue weighted by Crippen LogP contribution is -2.63. The second kappa shape index (κ2) is 9.03. The van der Waals surface area contributed by atoms with Gasteiger partial charge in [-0.25, -0.2) is 0 Å². The van der Waals surface area contributed by atoms with E-state index in [4.69, 9.17) is 10.8 Å². The molecule has 2 unspecified atom stereocenters. The van der Waals surface area contributed by atoms with E-state index in [1.54, 1.807) is 0 Å². The smallest absolute Gasteiger partial charge is 0.303 e. The van der Waals surface area contributed by atoms with Gasteiger partial charge in [0.15, 0.2) is 22.9 Å². The Morgan fingerprint density at radius 1 is 1.11 bits per heavy atom. The largest absolute Gasteiger partial charge is 0.508 e. The van der Waals surface area contributed by atoms with Crippen molar-refractivity contribution in [2.24, 2.45) is 23.5 Å². The average molecular weight is 502 g/mol. The Bertz CT molecular complexity index is 1220. The first-order valence-electron chi connectivity index (χ1n) is 11.5. The highest BCUT2D eigenvalue weighted by Crippen LogP contribution is 2.52. The molecular formula is C24H26N2O10. The van der Waals surface area contributed by atoms with E-state index in [0.29, 0.717) is 5.56 Å². The van der Waals surface area contributed by atoms with Gasteiger partial charge in [0.05, 0.1) is 17.4 Å². The molecule has 12 heteroatoms. The van der Waals surface area contributed by atoms with Gasteiger partial charge in [-0.3, -0.25) is 24.0 Å². The molecule has 1 saturated carbocycles. The number of allylic oxidation sites excluding steroid dienone is 1. The summed E-state index contributed by atoms with van der Waals surface area (Å²) in [7, 11) is 0. The van der Waals surface area contributed by atoms with Gasteiger partial charge in [-0.1, -0.05) is 6.07 Å². The number of phenols is 1. The fourth-order valence-electron chi connectivity index (χ4n) is 5.62. The number of aliphatic carboxylic acids is 1. The number of carbonyl (C=O) groups excluding carboxylic acids is 4. The fraction of sp³-hybridized carbons (Fsp3) is 0.458. The number of rotatable bonds is 6. The highest BCUT2D eigenvalue weighted by atomic mass is 16.4. The van der Waals surface area contributed by atoms with Crippen molar-refractivity contribution in [2.75, 3.05) is 5.32 Å². The van der Waals surface area contributed by atoms with Crippen molar-refractivity contribution in [3.63, 3.8) is 0 Å². The summed E-state index contributed by atoms with van der Waals surface area (Å²) in [5.41, 5.74) is 2.46. The van der Waals surface area contributed by atoms with Crippen molar-refractivity contribution in [3.8, 4) is 5.75 Å². The predicted molar refractivity (Wildman–Crippen MR) is 121 cm³/mol. The van der Waals surface area contributed by atoms with Crippen molar-refractivity contribution in [1.82, 2.24) is 0 Å². The summed E-state index contributed by atoms with van der Waals surface area (Å²) in [6, 6.07) is 2.92. The third-order valence-corrected chi connectivity index (χ3v) is 7.33. The summed E-state index contributed by atoms with van der Waals surface area (Å²) < 4.78 is 0. The first-order valence-corrected chi connectivity index (χ1v) is 11.5. The Kier molecular flexibility index (Phi) is 6.35. The summed E-state index contributed by atoms with van der Waals surface area (Å²) in [5.74, 6) is -9.68. The van der Waals surface area contributed by atoms with Crippen LogP contribution in [0.15, 0.2) is 23.5 Å². The first-order chi connectivity index (χ1) is 16.9. The van der Waals surface area contributed by atoms with Crippen LogP contribution in [0.1, 0.15) is 48.0 Å². The quantitative estimate of drug-likeness (QED) is 0.202. The fourth-order valence-corrected chi connectivity index (χ4v) is 5.62. The molecule has 8 N–H and O–H groups in total. The number of aromatic hydroxyl groups is 1. The lowest BCUT2D eigenvalue weighted by Gasteiger charge is -2.48. The number of hydrogen-bond donors (Lipinski definition) is 7. The van der Waals surface area contributed by atoms with Gasteiger partial charge in [-0.05, 0) is 43.2 Å². The number of carboxylic acid groups (broad SMARTS) is 1. The molecule has 0 aliphatic heterocycles. The molecule has 5 atom stereocenters. The third-order valence-electron chi connectivity index (χ3n) is 7.33. The highest BCUT2D eigenvalue weighted by molar-refractivity contribution is 6.16. The van der Waals surface area contributed by atoms with E-state index >= 15 is 0 Å². The maximum absolute atomic E-state index is 13.5. The van der Waals surface area contributed by atoms with E-state index in [1.165, 1.54) is 12.1 Å². The van der Waals surface area contributed by atoms with Gasteiger partial charge in [0, 0.05) is 24.3 Å². The van der Waals surface area contributed by atoms with Gasteiger partial charge in [-0.2, -0.15) is 0 Å². The van der Waals surface area contributed by atoms with E-state index in [2.05, 4.69) is 5.32 Å². The molecule has 0 saturated heterocycles. The molecule has 1 fully saturated rings. The number of hydrogen-bond acceptors (Lipinski definition) is 9. The van der Waals surface area contributed by atoms with E-state index in [1.807, 2.05) is 0 Å². The number of anilines is 1. The van der Waals surface area contributed by atoms with Gasteiger partial charge in [-0.15, -0.1) is 0 Å². The normalized spacial score (nSPS) is 29.2. The Hall–Kier alpha value is -3.77. The molecule has 0 bridgehead atoms. The Morgan fingerprint density at radius 2 is 1.81 bits per heavy atom. The summed E-state index contributed by atoms with van der Waals surface area (Å²) in [6.45, 7) is 0. The number of benzene rings is 1. The van der Waals surface area contributed by atoms with Crippen LogP contribution in [0.25, 0.3) is 0 Å². The number of ketones is 2. The van der Waals surface area contributed by atoms with E-state index in [0.717, 1.165) is 0 Å². The zero-order valence-corrected chi connectivity index (χ0v) is 19.1. The monoisotopic (exact) mass is 502 g/mol. The van der Waals surface area contributed by atoms with Gasteiger partial charge in [0.25, 0.3) is 0 Å². The second-order valence-corrected chi connectivity index (χ2v) is 9.53. The number of phenolic OH excluding ortho intramolecular Hbond substituents is 1. The first kappa shape index (κ1) is 25.3. The molecule has 0 radical (unpaired) electrons. The average Bonchev–Trinajstić information content (AvgIpc) is 2.77. The number of aliphatic hydroxyl groups is 3. The van der Waals surface area contributed by atoms with Crippen LogP contribution in [0.4, 0.5) is 5.69 Å². The molecule has 1 aromatic carbocycles. The van der Waals surface area contributed by atoms with Crippen LogP contribution < -0.4 is 11.1 Å². The number of primary amides is 1. The van der Waals surface area contributed by atoms with E-state index < -0.39 is 70.3 Å². The molecule has 0 heterocycles. The highest BCUT2D eigenvalue weighted by Gasteiger charge is 2.62. The number of Topliss-reactive ketones (excluding diaryl/α,β-unsaturated/α-hetero) is 2. The van der Waals surface area contributed by atoms with Crippen LogP contribution in [0.2, 0.25) is 0 Å². The number of carbonyl (C=O) groups is 5. The minimum absolute atomic E-state index is 0.0538. The predicted octanol–water partition coefficient (Wildman–Crippen LogP) is -0.0611. The molecule has 12 nitrogen and oxygen atoms in total. The molecule has 4 rings (SSSR count). The van der Waals surface area contributed by atoms with Crippen LogP contribution in [0.3, 0.4) is 0 Å². The van der Waals surface area contributed by atoms with Crippen LogP contribution in [-0.4, -0.2) is 66.6 Å². The maximum Gasteiger partial charge on any atom is 0.303 e. The number of nitrogens with two attached hydrogens (primary N) is 1. The van der Waals surface area contributed by atoms with Gasteiger partial charge in [0.1, 0.15) is 11.7 Å². The minimum Gasteiger partial charge on any atom is -0.508 e. The zero-order valence-electron chi connectivity index (χ0n) is 19.1. The van der Waals surface area contributed by atoms with Gasteiger partial charge >= 0.3 is 5.97 Å². The molecular weight excluding hydrogens is 476 g/mol. The van der Waals surface area contributed by atoms with Crippen molar-refractivity contribution < 1.29 is 49.5 Å². The Labute approximate surface area is 204 Å². The molecule has 0 spiro atoms. The van der Waals surface area contributed by atoms with Crippen LogP contribution >= 0.6 is 0 Å². The number of aliphatic hydroxyl groups excluding tert-OH is 2. The molecule has 192 valence electrons. The van der Waals surface area contributed by atoms with Crippen molar-refractivity contribution in [1.29, 1.82) is 0 Å². The molecule has 36 heavy (non-hydrogen) atoms. The van der Waals surface area contributed by atoms with Crippen molar-refractivity contribution in [3.05, 3.63) is 34.6 Å². The zero-order chi connectivity index (χ0) is 26.5. The Morgan fingerprint density at radius 3 is 2.44 bits per heavy atom. The van der Waals surface area contributed by atoms with E-state index in [-0.39, 0.29) is 55.3 Å². The summed E-state index contributed by atoms with van der Waals surface area (Å²) in [4.78, 5) is 61.0. The SMILES string of the molecule is NC(=O)C1C(=O)[C@@]2(O)C(O)=C3C(=O)c4c(ccc(NC(=O)CCCC(=O)O)c4O)C[C@H]3C[C@H]2CC1O. The standard InChI is InChI=1S/C24H26N2O10/c25-23(35)18-13(27)8-11-7-10-6-9-4-5-12(26-14(28)2-1-3-15(29)30)19(31)16(9)20(32)17(10)21(33)24(11,36)22(18)34/h4-5,10-11,13,18,27,31,33,36H,1-3,6-8H2,(H2,25,35)(H,26,28)(H,29,30)/t10-,11-,13?,18?,24-/m0/s1. The molecule has 1 aromatic rings. The number of amides is 2. The molecule has 2 amide bonds. The van der Waals surface area contributed by atoms with Crippen LogP contribution in [0, 0.1) is 17.8 Å². The Balaban J connectivity index is 1.69. The minimum atomic E-state index is -2.59.